The first kappa shape index (κ1) is 13.1. The van der Waals surface area contributed by atoms with Crippen LogP contribution in [0.1, 0.15) is 18.3 Å². The van der Waals surface area contributed by atoms with Crippen LogP contribution in [0.15, 0.2) is 4.90 Å². The molecule has 1 heterocycles. The van der Waals surface area contributed by atoms with Gasteiger partial charge in [0.05, 0.1) is 22.4 Å². The van der Waals surface area contributed by atoms with Gasteiger partial charge < -0.3 is 5.73 Å². The first-order chi connectivity index (χ1) is 7.25. The molecule has 0 aliphatic carbocycles. The summed E-state index contributed by atoms with van der Waals surface area (Å²) in [7, 11) is -3.63. The Labute approximate surface area is 99.7 Å². The predicted octanol–water partition coefficient (Wildman–Crippen LogP) is -0.0206. The zero-order valence-electron chi connectivity index (χ0n) is 9.23. The number of aromatic nitrogens is 2. The lowest BCUT2D eigenvalue weighted by Gasteiger charge is -2.12. The molecule has 1 rings (SSSR count). The van der Waals surface area contributed by atoms with Crippen LogP contribution in [0, 0.1) is 13.8 Å². The van der Waals surface area contributed by atoms with E-state index in [0.29, 0.717) is 11.4 Å². The van der Waals surface area contributed by atoms with Crippen LogP contribution in [-0.2, 0) is 10.0 Å². The molecule has 6 nitrogen and oxygen atoms in total. The Balaban J connectivity index is 3.09. The minimum atomic E-state index is -3.63. The number of aromatic amines is 1. The Bertz CT molecular complexity index is 487. The molecule has 0 aromatic carbocycles. The van der Waals surface area contributed by atoms with E-state index >= 15 is 0 Å². The molecular formula is C8H14N4O2S2. The molecule has 0 aliphatic rings. The second-order valence-electron chi connectivity index (χ2n) is 3.51. The third kappa shape index (κ3) is 2.57. The minimum absolute atomic E-state index is 0.0994. The average molecular weight is 262 g/mol. The Morgan fingerprint density at radius 1 is 1.56 bits per heavy atom. The van der Waals surface area contributed by atoms with Crippen molar-refractivity contribution in [1.29, 1.82) is 0 Å². The van der Waals surface area contributed by atoms with Gasteiger partial charge in [0.25, 0.3) is 0 Å². The maximum absolute atomic E-state index is 12.0. The zero-order valence-corrected chi connectivity index (χ0v) is 10.9. The predicted molar refractivity (Wildman–Crippen MR) is 64.6 cm³/mol. The van der Waals surface area contributed by atoms with Crippen molar-refractivity contribution in [2.24, 2.45) is 5.73 Å². The number of nitrogens with zero attached hydrogens (tertiary/aromatic N) is 1. The van der Waals surface area contributed by atoms with Gasteiger partial charge in [-0.1, -0.05) is 12.2 Å². The van der Waals surface area contributed by atoms with E-state index in [1.807, 2.05) is 0 Å². The third-order valence-electron chi connectivity index (χ3n) is 2.09. The molecule has 0 amide bonds. The summed E-state index contributed by atoms with van der Waals surface area (Å²) in [6.07, 6.45) is 0. The molecule has 4 N–H and O–H groups in total. The topological polar surface area (TPSA) is 101 Å². The van der Waals surface area contributed by atoms with E-state index in [9.17, 15) is 8.42 Å². The van der Waals surface area contributed by atoms with Gasteiger partial charge in [0, 0.05) is 0 Å². The van der Waals surface area contributed by atoms with Crippen LogP contribution in [0.25, 0.3) is 0 Å². The molecule has 0 radical (unpaired) electrons. The lowest BCUT2D eigenvalue weighted by Crippen LogP contribution is -2.41. The number of sulfonamides is 1. The summed E-state index contributed by atoms with van der Waals surface area (Å²) in [5, 5.41) is 6.44. The molecule has 1 aromatic rings. The first-order valence-electron chi connectivity index (χ1n) is 4.59. The van der Waals surface area contributed by atoms with Crippen LogP contribution in [0.2, 0.25) is 0 Å². The monoisotopic (exact) mass is 262 g/mol. The van der Waals surface area contributed by atoms with Crippen molar-refractivity contribution in [1.82, 2.24) is 14.9 Å². The summed E-state index contributed by atoms with van der Waals surface area (Å²) in [5.41, 5.74) is 6.26. The van der Waals surface area contributed by atoms with Gasteiger partial charge in [0.1, 0.15) is 4.90 Å². The van der Waals surface area contributed by atoms with Crippen molar-refractivity contribution in [3.05, 3.63) is 11.4 Å². The Morgan fingerprint density at radius 2 is 2.12 bits per heavy atom. The van der Waals surface area contributed by atoms with E-state index in [2.05, 4.69) is 14.9 Å². The van der Waals surface area contributed by atoms with E-state index in [-0.39, 0.29) is 9.88 Å². The van der Waals surface area contributed by atoms with Gasteiger partial charge in [-0.05, 0) is 20.8 Å². The SMILES string of the molecule is Cc1n[nH]c(C)c1S(=O)(=O)NC(C)C(N)=S. The van der Waals surface area contributed by atoms with E-state index in [4.69, 9.17) is 18.0 Å². The summed E-state index contributed by atoms with van der Waals surface area (Å²) in [6.45, 7) is 4.84. The molecule has 1 unspecified atom stereocenters. The maximum atomic E-state index is 12.0. The fraction of sp³-hybridized carbons (Fsp3) is 0.500. The molecule has 1 atom stereocenters. The number of nitrogens with one attached hydrogen (secondary N) is 2. The number of hydrogen-bond donors (Lipinski definition) is 3. The van der Waals surface area contributed by atoms with Crippen molar-refractivity contribution in [3.63, 3.8) is 0 Å². The molecule has 90 valence electrons. The van der Waals surface area contributed by atoms with Crippen molar-refractivity contribution < 1.29 is 8.42 Å². The Kier molecular flexibility index (Phi) is 3.66. The number of aryl methyl sites for hydroxylation is 2. The minimum Gasteiger partial charge on any atom is -0.392 e. The third-order valence-corrected chi connectivity index (χ3v) is 4.24. The molecule has 0 aliphatic heterocycles. The smallest absolute Gasteiger partial charge is 0.244 e. The number of thiocarbonyl (C=S) groups is 1. The molecule has 0 spiro atoms. The molecule has 0 saturated carbocycles. The largest absolute Gasteiger partial charge is 0.392 e. The van der Waals surface area contributed by atoms with Gasteiger partial charge in [0.15, 0.2) is 0 Å². The van der Waals surface area contributed by atoms with Crippen LogP contribution in [-0.4, -0.2) is 29.6 Å². The molecule has 0 bridgehead atoms. The lowest BCUT2D eigenvalue weighted by molar-refractivity contribution is 0.577. The zero-order chi connectivity index (χ0) is 12.5. The fourth-order valence-corrected chi connectivity index (χ4v) is 3.01. The lowest BCUT2D eigenvalue weighted by atomic mass is 10.4. The van der Waals surface area contributed by atoms with Crippen LogP contribution in [0.4, 0.5) is 0 Å². The van der Waals surface area contributed by atoms with E-state index < -0.39 is 16.1 Å². The van der Waals surface area contributed by atoms with Crippen molar-refractivity contribution in [2.45, 2.75) is 31.7 Å². The fourth-order valence-electron chi connectivity index (χ4n) is 1.29. The van der Waals surface area contributed by atoms with Gasteiger partial charge in [-0.25, -0.2) is 13.1 Å². The van der Waals surface area contributed by atoms with Crippen molar-refractivity contribution in [2.75, 3.05) is 0 Å². The Hall–Kier alpha value is -0.990. The molecule has 0 saturated heterocycles. The molecule has 8 heteroatoms. The van der Waals surface area contributed by atoms with Gasteiger partial charge in [-0.15, -0.1) is 0 Å². The van der Waals surface area contributed by atoms with Crippen molar-refractivity contribution in [3.8, 4) is 0 Å². The van der Waals surface area contributed by atoms with Gasteiger partial charge in [0.2, 0.25) is 10.0 Å². The second kappa shape index (κ2) is 4.48. The van der Waals surface area contributed by atoms with E-state index in [1.165, 1.54) is 0 Å². The summed E-state index contributed by atoms with van der Waals surface area (Å²) in [5.74, 6) is 0. The average Bonchev–Trinajstić information content (AvgIpc) is 2.45. The van der Waals surface area contributed by atoms with E-state index in [0.717, 1.165) is 0 Å². The second-order valence-corrected chi connectivity index (χ2v) is 5.63. The summed E-state index contributed by atoms with van der Waals surface area (Å²) < 4.78 is 26.3. The summed E-state index contributed by atoms with van der Waals surface area (Å²) in [4.78, 5) is 0.248. The number of nitrogens with two attached hydrogens (primary N) is 1. The Morgan fingerprint density at radius 3 is 2.50 bits per heavy atom. The van der Waals surface area contributed by atoms with Gasteiger partial charge >= 0.3 is 0 Å². The number of H-pyrrole nitrogens is 1. The van der Waals surface area contributed by atoms with Crippen LogP contribution < -0.4 is 10.5 Å². The van der Waals surface area contributed by atoms with Crippen molar-refractivity contribution >= 4 is 27.2 Å². The molecular weight excluding hydrogens is 248 g/mol. The number of rotatable bonds is 4. The van der Waals surface area contributed by atoms with Crippen LogP contribution in [0.3, 0.4) is 0 Å². The highest BCUT2D eigenvalue weighted by molar-refractivity contribution is 7.89. The van der Waals surface area contributed by atoms with Crippen LogP contribution >= 0.6 is 12.2 Å². The standard InChI is InChI=1S/C8H14N4O2S2/c1-4-7(5(2)11-10-4)16(13,14)12-6(3)8(9)15/h6,12H,1-3H3,(H2,9,15)(H,10,11). The summed E-state index contributed by atoms with van der Waals surface area (Å²) in [6, 6.07) is -0.589. The number of hydrogen-bond acceptors (Lipinski definition) is 4. The molecule has 0 fully saturated rings. The quantitative estimate of drug-likeness (QED) is 0.662. The molecule has 1 aromatic heterocycles. The highest BCUT2D eigenvalue weighted by Crippen LogP contribution is 2.16. The molecule has 16 heavy (non-hydrogen) atoms. The maximum Gasteiger partial charge on any atom is 0.244 e. The highest BCUT2D eigenvalue weighted by Gasteiger charge is 2.24. The first-order valence-corrected chi connectivity index (χ1v) is 6.48. The summed E-state index contributed by atoms with van der Waals surface area (Å²) >= 11 is 4.71. The van der Waals surface area contributed by atoms with Gasteiger partial charge in [-0.2, -0.15) is 5.10 Å². The normalized spacial score (nSPS) is 13.7. The van der Waals surface area contributed by atoms with Gasteiger partial charge in [-0.3, -0.25) is 5.10 Å². The van der Waals surface area contributed by atoms with E-state index in [1.54, 1.807) is 20.8 Å². The van der Waals surface area contributed by atoms with Crippen LogP contribution in [0.5, 0.6) is 0 Å². The highest BCUT2D eigenvalue weighted by atomic mass is 32.2.